The summed E-state index contributed by atoms with van der Waals surface area (Å²) in [7, 11) is 0. The molecule has 1 aliphatic heterocycles. The summed E-state index contributed by atoms with van der Waals surface area (Å²) in [4.78, 5) is 4.68. The fraction of sp³-hybridized carbons (Fsp3) is 0.818. The normalized spacial score (nSPS) is 13.8. The first kappa shape index (κ1) is 17.5. The van der Waals surface area contributed by atoms with Crippen molar-refractivity contribution in [2.45, 2.75) is 26.7 Å². The van der Waals surface area contributed by atoms with Crippen molar-refractivity contribution in [1.82, 2.24) is 9.80 Å². The Bertz CT molecular complexity index is 204. The molecule has 0 amide bonds. The molecule has 0 saturated carbocycles. The quantitative estimate of drug-likeness (QED) is 0.303. The van der Waals surface area contributed by atoms with Crippen molar-refractivity contribution in [3.63, 3.8) is 0 Å². The van der Waals surface area contributed by atoms with Crippen molar-refractivity contribution in [3.05, 3.63) is 12.4 Å². The third-order valence-corrected chi connectivity index (χ3v) is 2.89. The Morgan fingerprint density at radius 3 is 2.56 bits per heavy atom. The Hall–Kier alpha value is -0.470. The molecule has 6 nitrogen and oxygen atoms in total. The van der Waals surface area contributed by atoms with Crippen LogP contribution in [0.25, 0.3) is 0 Å². The lowest BCUT2D eigenvalue weighted by atomic mass is 10.3. The average molecular weight is 278 g/mol. The van der Waals surface area contributed by atoms with Crippen LogP contribution in [-0.4, -0.2) is 41.9 Å². The maximum Gasteiger partial charge on any atom is 0.0893 e. The maximum absolute atomic E-state index is 9.02. The maximum atomic E-state index is 9.02. The second-order valence-corrected chi connectivity index (χ2v) is 4.54. The molecule has 1 heterocycles. The highest BCUT2D eigenvalue weighted by Gasteiger charge is 2.08. The standard InChI is InChI=1S/C9H18N2.C2H7NO3S/c1-3-5-6-11-8-7-10(4-2)9-11;3-1-2-7-6-5-4/h7-8H,3-6,9H2,1-2H3;4H,1-3H2/p-1. The van der Waals surface area contributed by atoms with Crippen LogP contribution in [0.1, 0.15) is 26.7 Å². The van der Waals surface area contributed by atoms with Crippen LogP contribution in [0.3, 0.4) is 0 Å². The molecule has 1 rings (SSSR count). The van der Waals surface area contributed by atoms with Crippen LogP contribution in [0.4, 0.5) is 0 Å². The van der Waals surface area contributed by atoms with Gasteiger partial charge in [0, 0.05) is 49.8 Å². The van der Waals surface area contributed by atoms with Gasteiger partial charge in [0.05, 0.1) is 6.67 Å². The first-order chi connectivity index (χ1) is 8.78. The van der Waals surface area contributed by atoms with E-state index in [9.17, 15) is 0 Å². The SMILES string of the molecule is CCCCN1C=CN(CC)C1.NCCSOO[O-]. The molecule has 0 radical (unpaired) electrons. The molecule has 18 heavy (non-hydrogen) atoms. The van der Waals surface area contributed by atoms with Crippen molar-refractivity contribution in [2.75, 3.05) is 32.1 Å². The summed E-state index contributed by atoms with van der Waals surface area (Å²) in [6, 6.07) is 0. The fourth-order valence-electron chi connectivity index (χ4n) is 1.33. The van der Waals surface area contributed by atoms with E-state index < -0.39 is 0 Å². The smallest absolute Gasteiger partial charge is 0.0893 e. The second kappa shape index (κ2) is 13.0. The molecule has 1 aliphatic rings. The van der Waals surface area contributed by atoms with Crippen molar-refractivity contribution in [2.24, 2.45) is 5.73 Å². The molecule has 0 unspecified atom stereocenters. The zero-order valence-electron chi connectivity index (χ0n) is 11.2. The predicted molar refractivity (Wildman–Crippen MR) is 71.7 cm³/mol. The highest BCUT2D eigenvalue weighted by atomic mass is 32.2. The molecule has 0 aromatic rings. The van der Waals surface area contributed by atoms with Crippen LogP contribution >= 0.6 is 12.0 Å². The van der Waals surface area contributed by atoms with Gasteiger partial charge >= 0.3 is 0 Å². The van der Waals surface area contributed by atoms with Crippen molar-refractivity contribution in [1.29, 1.82) is 0 Å². The molecule has 0 bridgehead atoms. The van der Waals surface area contributed by atoms with Gasteiger partial charge < -0.3 is 20.8 Å². The van der Waals surface area contributed by atoms with E-state index in [2.05, 4.69) is 45.4 Å². The van der Waals surface area contributed by atoms with Crippen LogP contribution in [0.2, 0.25) is 0 Å². The zero-order chi connectivity index (χ0) is 13.6. The summed E-state index contributed by atoms with van der Waals surface area (Å²) in [6.45, 7) is 8.33. The molecule has 0 saturated heterocycles. The largest absolute Gasteiger partial charge is 0.691 e. The summed E-state index contributed by atoms with van der Waals surface area (Å²) in [5.74, 6) is 0.572. The number of nitrogens with two attached hydrogens (primary N) is 1. The van der Waals surface area contributed by atoms with Gasteiger partial charge in [-0.1, -0.05) is 13.3 Å². The van der Waals surface area contributed by atoms with E-state index in [0.717, 1.165) is 25.3 Å². The summed E-state index contributed by atoms with van der Waals surface area (Å²) in [5, 5.41) is 12.0. The summed E-state index contributed by atoms with van der Waals surface area (Å²) in [5.41, 5.74) is 5.01. The molecule has 0 atom stereocenters. The van der Waals surface area contributed by atoms with Crippen molar-refractivity contribution < 1.29 is 14.6 Å². The number of unbranched alkanes of at least 4 members (excludes halogenated alkanes) is 1. The van der Waals surface area contributed by atoms with Crippen molar-refractivity contribution in [3.8, 4) is 0 Å². The highest BCUT2D eigenvalue weighted by molar-refractivity contribution is 7.94. The zero-order valence-corrected chi connectivity index (χ0v) is 12.0. The van der Waals surface area contributed by atoms with Crippen LogP contribution in [0, 0.1) is 0 Å². The molecule has 0 fully saturated rings. The van der Waals surface area contributed by atoms with E-state index in [4.69, 9.17) is 11.0 Å². The Kier molecular flexibility index (Phi) is 12.6. The van der Waals surface area contributed by atoms with E-state index in [1.165, 1.54) is 19.4 Å². The van der Waals surface area contributed by atoms with Crippen LogP contribution in [-0.2, 0) is 9.37 Å². The van der Waals surface area contributed by atoms with Gasteiger partial charge in [-0.05, 0) is 13.3 Å². The average Bonchev–Trinajstić information content (AvgIpc) is 2.86. The lowest BCUT2D eigenvalue weighted by Gasteiger charge is -2.19. The minimum absolute atomic E-state index is 0.480. The molecule has 7 heteroatoms. The number of nitrogens with zero attached hydrogens (tertiary/aromatic N) is 2. The monoisotopic (exact) mass is 278 g/mol. The Morgan fingerprint density at radius 1 is 1.33 bits per heavy atom. The summed E-state index contributed by atoms with van der Waals surface area (Å²) >= 11 is 0.894. The second-order valence-electron chi connectivity index (χ2n) is 3.76. The van der Waals surface area contributed by atoms with Gasteiger partial charge in [-0.3, -0.25) is 5.04 Å². The molecule has 0 aromatic heterocycles. The lowest BCUT2D eigenvalue weighted by Crippen LogP contribution is -2.25. The van der Waals surface area contributed by atoms with Gasteiger partial charge in [0.2, 0.25) is 0 Å². The van der Waals surface area contributed by atoms with Gasteiger partial charge in [0.25, 0.3) is 0 Å². The fourth-order valence-corrected chi connectivity index (χ4v) is 1.53. The first-order valence-electron chi connectivity index (χ1n) is 6.23. The van der Waals surface area contributed by atoms with Crippen LogP contribution in [0.5, 0.6) is 0 Å². The van der Waals surface area contributed by atoms with Gasteiger partial charge in [0.1, 0.15) is 0 Å². The summed E-state index contributed by atoms with van der Waals surface area (Å²) < 4.78 is 3.86. The lowest BCUT2D eigenvalue weighted by molar-refractivity contribution is -0.777. The Balaban J connectivity index is 0.000000360. The predicted octanol–water partition coefficient (Wildman–Crippen LogP) is 0.670. The van der Waals surface area contributed by atoms with Crippen molar-refractivity contribution >= 4 is 12.0 Å². The van der Waals surface area contributed by atoms with E-state index >= 15 is 0 Å². The number of hydrogen-bond acceptors (Lipinski definition) is 7. The molecule has 0 spiro atoms. The first-order valence-corrected chi connectivity index (χ1v) is 7.14. The Labute approximate surface area is 114 Å². The molecule has 0 aliphatic carbocycles. The van der Waals surface area contributed by atoms with E-state index in [0.29, 0.717) is 12.3 Å². The minimum atomic E-state index is 0.480. The van der Waals surface area contributed by atoms with Crippen LogP contribution in [0.15, 0.2) is 12.4 Å². The molecular formula is C11H24N3O3S-. The van der Waals surface area contributed by atoms with Crippen LogP contribution < -0.4 is 11.0 Å². The molecule has 0 aromatic carbocycles. The highest BCUT2D eigenvalue weighted by Crippen LogP contribution is 2.06. The van der Waals surface area contributed by atoms with Gasteiger partial charge in [0.15, 0.2) is 0 Å². The molecular weight excluding hydrogens is 254 g/mol. The third kappa shape index (κ3) is 9.55. The van der Waals surface area contributed by atoms with Gasteiger partial charge in [-0.25, -0.2) is 0 Å². The molecule has 2 N–H and O–H groups in total. The number of rotatable bonds is 8. The Morgan fingerprint density at radius 2 is 2.06 bits per heavy atom. The summed E-state index contributed by atoms with van der Waals surface area (Å²) in [6.07, 6.45) is 6.97. The van der Waals surface area contributed by atoms with Gasteiger partial charge in [-0.2, -0.15) is 4.33 Å². The van der Waals surface area contributed by atoms with E-state index in [-0.39, 0.29) is 0 Å². The number of hydrogen-bond donors (Lipinski definition) is 1. The van der Waals surface area contributed by atoms with Gasteiger partial charge in [-0.15, -0.1) is 0 Å². The molecule has 108 valence electrons. The topological polar surface area (TPSA) is 74.0 Å². The third-order valence-electron chi connectivity index (χ3n) is 2.33. The van der Waals surface area contributed by atoms with E-state index in [1.807, 2.05) is 0 Å². The van der Waals surface area contributed by atoms with E-state index in [1.54, 1.807) is 0 Å². The minimum Gasteiger partial charge on any atom is -0.691 e.